The highest BCUT2D eigenvalue weighted by atomic mass is 32.2. The summed E-state index contributed by atoms with van der Waals surface area (Å²) in [5.74, 6) is 0.814. The largest absolute Gasteiger partial charge is 0.396 e. The second kappa shape index (κ2) is 9.00. The Hall–Kier alpha value is -0.260. The molecule has 0 saturated heterocycles. The SMILES string of the molecule is CSCC[C@@H](N)C(=O)NC(C)CCCO. The predicted molar refractivity (Wildman–Crippen MR) is 64.9 cm³/mol. The first-order valence-corrected chi connectivity index (χ1v) is 6.67. The average Bonchev–Trinajstić information content (AvgIpc) is 2.22. The second-order valence-electron chi connectivity index (χ2n) is 3.66. The van der Waals surface area contributed by atoms with Crippen LogP contribution in [0.2, 0.25) is 0 Å². The van der Waals surface area contributed by atoms with E-state index in [1.807, 2.05) is 13.2 Å². The van der Waals surface area contributed by atoms with Gasteiger partial charge in [-0.15, -0.1) is 0 Å². The molecule has 5 heteroatoms. The Labute approximate surface area is 96.0 Å². The Kier molecular flexibility index (Phi) is 8.85. The quantitative estimate of drug-likeness (QED) is 0.566. The van der Waals surface area contributed by atoms with Gasteiger partial charge < -0.3 is 16.2 Å². The van der Waals surface area contributed by atoms with Gasteiger partial charge in [-0.2, -0.15) is 11.8 Å². The summed E-state index contributed by atoms with van der Waals surface area (Å²) in [6, 6.07) is -0.320. The van der Waals surface area contributed by atoms with E-state index in [0.29, 0.717) is 12.8 Å². The zero-order valence-corrected chi connectivity index (χ0v) is 10.3. The minimum absolute atomic E-state index is 0.0879. The van der Waals surface area contributed by atoms with E-state index in [9.17, 15) is 4.79 Å². The number of nitrogens with one attached hydrogen (secondary N) is 1. The van der Waals surface area contributed by atoms with Crippen molar-refractivity contribution in [2.75, 3.05) is 18.6 Å². The Bertz CT molecular complexity index is 179. The van der Waals surface area contributed by atoms with Crippen molar-refractivity contribution in [2.45, 2.75) is 38.3 Å². The molecule has 0 aliphatic rings. The fourth-order valence-electron chi connectivity index (χ4n) is 1.20. The molecule has 0 aromatic carbocycles. The van der Waals surface area contributed by atoms with Gasteiger partial charge >= 0.3 is 0 Å². The molecule has 15 heavy (non-hydrogen) atoms. The minimum Gasteiger partial charge on any atom is -0.396 e. The molecule has 0 fully saturated rings. The number of nitrogens with two attached hydrogens (primary N) is 1. The molecule has 0 spiro atoms. The summed E-state index contributed by atoms with van der Waals surface area (Å²) in [6.07, 6.45) is 4.20. The lowest BCUT2D eigenvalue weighted by Gasteiger charge is -2.16. The van der Waals surface area contributed by atoms with Gasteiger partial charge in [-0.05, 0) is 38.2 Å². The van der Waals surface area contributed by atoms with Gasteiger partial charge in [-0.25, -0.2) is 0 Å². The van der Waals surface area contributed by atoms with Crippen LogP contribution in [0.1, 0.15) is 26.2 Å². The van der Waals surface area contributed by atoms with Gasteiger partial charge in [0.2, 0.25) is 5.91 Å². The van der Waals surface area contributed by atoms with Crippen LogP contribution in [-0.4, -0.2) is 41.7 Å². The van der Waals surface area contributed by atoms with E-state index in [-0.39, 0.29) is 18.6 Å². The van der Waals surface area contributed by atoms with Crippen LogP contribution in [-0.2, 0) is 4.79 Å². The molecule has 1 unspecified atom stereocenters. The molecule has 0 aliphatic heterocycles. The van der Waals surface area contributed by atoms with E-state index in [0.717, 1.165) is 12.2 Å². The zero-order chi connectivity index (χ0) is 11.7. The molecule has 90 valence electrons. The monoisotopic (exact) mass is 234 g/mol. The summed E-state index contributed by atoms with van der Waals surface area (Å²) in [5, 5.41) is 11.5. The standard InChI is InChI=1S/C10H22N2O2S/c1-8(4-3-6-13)12-10(14)9(11)5-7-15-2/h8-9,13H,3-7,11H2,1-2H3,(H,12,14)/t8?,9-/m1/s1. The molecule has 0 heterocycles. The maximum atomic E-state index is 11.5. The zero-order valence-electron chi connectivity index (χ0n) is 9.53. The summed E-state index contributed by atoms with van der Waals surface area (Å²) in [4.78, 5) is 11.5. The maximum Gasteiger partial charge on any atom is 0.237 e. The molecular weight excluding hydrogens is 212 g/mol. The second-order valence-corrected chi connectivity index (χ2v) is 4.65. The highest BCUT2D eigenvalue weighted by Crippen LogP contribution is 2.00. The van der Waals surface area contributed by atoms with Crippen LogP contribution in [0.3, 0.4) is 0 Å². The van der Waals surface area contributed by atoms with E-state index < -0.39 is 6.04 Å². The van der Waals surface area contributed by atoms with Crippen molar-refractivity contribution in [1.29, 1.82) is 0 Å². The van der Waals surface area contributed by atoms with Gasteiger partial charge in [0.1, 0.15) is 0 Å². The predicted octanol–water partition coefficient (Wildman–Crippen LogP) is 0.344. The van der Waals surface area contributed by atoms with Gasteiger partial charge in [0.05, 0.1) is 6.04 Å². The topological polar surface area (TPSA) is 75.4 Å². The third-order valence-electron chi connectivity index (χ3n) is 2.15. The van der Waals surface area contributed by atoms with Crippen molar-refractivity contribution in [3.63, 3.8) is 0 Å². The number of hydrogen-bond donors (Lipinski definition) is 3. The fourth-order valence-corrected chi connectivity index (χ4v) is 1.69. The number of rotatable bonds is 8. The first kappa shape index (κ1) is 14.7. The average molecular weight is 234 g/mol. The molecular formula is C10H22N2O2S. The van der Waals surface area contributed by atoms with Gasteiger partial charge in [0, 0.05) is 12.6 Å². The summed E-state index contributed by atoms with van der Waals surface area (Å²) in [6.45, 7) is 2.09. The summed E-state index contributed by atoms with van der Waals surface area (Å²) < 4.78 is 0. The molecule has 0 radical (unpaired) electrons. The van der Waals surface area contributed by atoms with Crippen molar-refractivity contribution in [3.05, 3.63) is 0 Å². The molecule has 0 bridgehead atoms. The summed E-state index contributed by atoms with van der Waals surface area (Å²) in [5.41, 5.74) is 5.71. The maximum absolute atomic E-state index is 11.5. The molecule has 0 rings (SSSR count). The number of carbonyl (C=O) groups excluding carboxylic acids is 1. The molecule has 0 aromatic heterocycles. The van der Waals surface area contributed by atoms with Crippen molar-refractivity contribution < 1.29 is 9.90 Å². The Morgan fingerprint density at radius 2 is 2.20 bits per heavy atom. The lowest BCUT2D eigenvalue weighted by atomic mass is 10.1. The van der Waals surface area contributed by atoms with Gasteiger partial charge in [0.25, 0.3) is 0 Å². The molecule has 0 aliphatic carbocycles. The van der Waals surface area contributed by atoms with Crippen LogP contribution in [0, 0.1) is 0 Å². The third kappa shape index (κ3) is 7.64. The number of thioether (sulfide) groups is 1. The van der Waals surface area contributed by atoms with Gasteiger partial charge in [-0.3, -0.25) is 4.79 Å². The highest BCUT2D eigenvalue weighted by Gasteiger charge is 2.14. The van der Waals surface area contributed by atoms with Crippen LogP contribution in [0.25, 0.3) is 0 Å². The van der Waals surface area contributed by atoms with E-state index >= 15 is 0 Å². The van der Waals surface area contributed by atoms with Crippen molar-refractivity contribution in [1.82, 2.24) is 5.32 Å². The molecule has 0 saturated carbocycles. The summed E-state index contributed by atoms with van der Waals surface area (Å²) in [7, 11) is 0. The Morgan fingerprint density at radius 1 is 1.53 bits per heavy atom. The molecule has 4 nitrogen and oxygen atoms in total. The van der Waals surface area contributed by atoms with Crippen LogP contribution in [0.4, 0.5) is 0 Å². The van der Waals surface area contributed by atoms with Crippen LogP contribution in [0.5, 0.6) is 0 Å². The normalized spacial score (nSPS) is 14.7. The van der Waals surface area contributed by atoms with Gasteiger partial charge in [0.15, 0.2) is 0 Å². The Balaban J connectivity index is 3.70. The number of aliphatic hydroxyl groups excluding tert-OH is 1. The third-order valence-corrected chi connectivity index (χ3v) is 2.80. The van der Waals surface area contributed by atoms with Crippen molar-refractivity contribution in [2.24, 2.45) is 5.73 Å². The van der Waals surface area contributed by atoms with E-state index in [1.54, 1.807) is 11.8 Å². The molecule has 4 N–H and O–H groups in total. The van der Waals surface area contributed by atoms with Crippen LogP contribution in [0.15, 0.2) is 0 Å². The summed E-state index contributed by atoms with van der Waals surface area (Å²) >= 11 is 1.69. The van der Waals surface area contributed by atoms with Crippen LogP contribution < -0.4 is 11.1 Å². The van der Waals surface area contributed by atoms with Crippen molar-refractivity contribution >= 4 is 17.7 Å². The first-order chi connectivity index (χ1) is 7.11. The molecule has 2 atom stereocenters. The molecule has 1 amide bonds. The van der Waals surface area contributed by atoms with E-state index in [2.05, 4.69) is 5.32 Å². The molecule has 0 aromatic rings. The lowest BCUT2D eigenvalue weighted by molar-refractivity contribution is -0.123. The van der Waals surface area contributed by atoms with E-state index in [1.165, 1.54) is 0 Å². The Morgan fingerprint density at radius 3 is 2.73 bits per heavy atom. The number of hydrogen-bond acceptors (Lipinski definition) is 4. The number of carbonyl (C=O) groups is 1. The minimum atomic E-state index is -0.408. The van der Waals surface area contributed by atoms with E-state index in [4.69, 9.17) is 10.8 Å². The fraction of sp³-hybridized carbons (Fsp3) is 0.900. The first-order valence-electron chi connectivity index (χ1n) is 5.27. The van der Waals surface area contributed by atoms with Crippen molar-refractivity contribution in [3.8, 4) is 0 Å². The number of aliphatic hydroxyl groups is 1. The lowest BCUT2D eigenvalue weighted by Crippen LogP contribution is -2.44. The van der Waals surface area contributed by atoms with Gasteiger partial charge in [-0.1, -0.05) is 0 Å². The number of amides is 1. The smallest absolute Gasteiger partial charge is 0.237 e. The highest BCUT2D eigenvalue weighted by molar-refractivity contribution is 7.98. The van der Waals surface area contributed by atoms with Crippen LogP contribution >= 0.6 is 11.8 Å².